The number of hydrogen-bond donors (Lipinski definition) is 3. The van der Waals surface area contributed by atoms with E-state index in [0.717, 1.165) is 56.3 Å². The second-order valence-corrected chi connectivity index (χ2v) is 37.1. The fraction of sp³-hybridized carbons (Fsp3) is 0.768. The zero-order valence-electron chi connectivity index (χ0n) is 77.9. The van der Waals surface area contributed by atoms with Crippen molar-refractivity contribution in [3.05, 3.63) is 71.8 Å². The second-order valence-electron chi connectivity index (χ2n) is 37.1. The summed E-state index contributed by atoms with van der Waals surface area (Å²) in [5.74, 6) is -1.75. The van der Waals surface area contributed by atoms with Gasteiger partial charge in [0.25, 0.3) is 5.91 Å². The molecule has 0 aromatic heterocycles. The summed E-state index contributed by atoms with van der Waals surface area (Å²) in [6.45, 7) is 30.8. The van der Waals surface area contributed by atoms with Crippen LogP contribution in [0.3, 0.4) is 0 Å². The number of amides is 9. The number of nitrogens with one attached hydrogen (secondary N) is 3. The molecule has 0 heterocycles. The number of aliphatic imine (C=N–C) groups is 1. The Hall–Kier alpha value is -7.86. The van der Waals surface area contributed by atoms with Crippen LogP contribution in [0.25, 0.3) is 0 Å². The molecule has 9 amide bonds. The van der Waals surface area contributed by atoms with Gasteiger partial charge in [0.05, 0.1) is 0 Å². The molecule has 1 atom stereocenters. The molecule has 1 unspecified atom stereocenters. The van der Waals surface area contributed by atoms with Gasteiger partial charge in [-0.3, -0.25) is 30.1 Å². The second kappa shape index (κ2) is 62.3. The number of carbonyl (C=O) groups excluding carboxylic acids is 9. The van der Waals surface area contributed by atoms with Gasteiger partial charge in [-0.1, -0.05) is 267 Å². The van der Waals surface area contributed by atoms with Crippen LogP contribution < -0.4 is 16.0 Å². The minimum atomic E-state index is -1.52. The highest BCUT2D eigenvalue weighted by Gasteiger charge is 2.41. The van der Waals surface area contributed by atoms with Gasteiger partial charge in [0.15, 0.2) is 0 Å². The van der Waals surface area contributed by atoms with Gasteiger partial charge in [0.2, 0.25) is 11.9 Å². The molecule has 3 N–H and O–H groups in total. The highest BCUT2D eigenvalue weighted by Crippen LogP contribution is 2.24. The van der Waals surface area contributed by atoms with Crippen LogP contribution in [-0.4, -0.2) is 184 Å². The number of carbonyl (C=O) groups is 9. The Bertz CT molecular complexity index is 3060. The molecule has 0 bridgehead atoms. The predicted octanol–water partition coefficient (Wildman–Crippen LogP) is 23.3. The van der Waals surface area contributed by atoms with E-state index in [1.54, 1.807) is 138 Å². The van der Waals surface area contributed by atoms with E-state index in [9.17, 15) is 28.8 Å². The number of ether oxygens (including phenoxy) is 7. The molecule has 0 fully saturated rings. The molecule has 0 radical (unpaired) electrons. The van der Waals surface area contributed by atoms with Crippen LogP contribution in [0.15, 0.2) is 65.7 Å². The Balaban J connectivity index is 2.74. The van der Waals surface area contributed by atoms with Gasteiger partial charge in [-0.2, -0.15) is 0 Å². The molecule has 120 heavy (non-hydrogen) atoms. The molecule has 0 aliphatic heterocycles. The maximum absolute atomic E-state index is 16.2. The van der Waals surface area contributed by atoms with Crippen molar-refractivity contribution in [2.75, 3.05) is 65.4 Å². The number of hydrogen-bond acceptors (Lipinski definition) is 17. The van der Waals surface area contributed by atoms with Gasteiger partial charge in [0, 0.05) is 58.9 Å². The zero-order valence-corrected chi connectivity index (χ0v) is 77.9. The largest absolute Gasteiger partial charge is 0.444 e. The lowest BCUT2D eigenvalue weighted by atomic mass is 10.0. The van der Waals surface area contributed by atoms with Crippen LogP contribution in [0, 0.1) is 0 Å². The molecule has 25 nitrogen and oxygen atoms in total. The predicted molar refractivity (Wildman–Crippen MR) is 480 cm³/mol. The van der Waals surface area contributed by atoms with Crippen LogP contribution in [0.1, 0.15) is 373 Å². The molecular weight excluding hydrogens is 1520 g/mol. The Morgan fingerprint density at radius 3 is 0.992 bits per heavy atom. The first-order valence-electron chi connectivity index (χ1n) is 46.1. The number of alkyl carbamates (subject to hydrolysis) is 3. The first kappa shape index (κ1) is 108. The first-order valence-corrected chi connectivity index (χ1v) is 46.1. The van der Waals surface area contributed by atoms with E-state index in [1.807, 2.05) is 36.4 Å². The smallest absolute Gasteiger partial charge is 0.417 e. The fourth-order valence-corrected chi connectivity index (χ4v) is 13.5. The number of benzene rings is 2. The monoisotopic (exact) mass is 1690 g/mol. The van der Waals surface area contributed by atoms with Crippen molar-refractivity contribution < 1.29 is 76.3 Å². The van der Waals surface area contributed by atoms with Crippen LogP contribution in [-0.2, 0) is 56.0 Å². The van der Waals surface area contributed by atoms with Crippen LogP contribution in [0.2, 0.25) is 0 Å². The molecule has 0 aliphatic rings. The average molecular weight is 1690 g/mol. The molecule has 2 rings (SSSR count). The number of guanidine groups is 1. The summed E-state index contributed by atoms with van der Waals surface area (Å²) in [7, 11) is 0. The Morgan fingerprint density at radius 2 is 0.633 bits per heavy atom. The van der Waals surface area contributed by atoms with E-state index in [0.29, 0.717) is 56.3 Å². The van der Waals surface area contributed by atoms with E-state index in [4.69, 9.17) is 33.2 Å². The number of unbranched alkanes of at least 4 members (excludes halogenated alkanes) is 31. The first-order chi connectivity index (χ1) is 56.9. The maximum atomic E-state index is 16.2. The minimum absolute atomic E-state index is 0.00253. The molecule has 0 aliphatic carbocycles. The van der Waals surface area contributed by atoms with Crippen LogP contribution >= 0.6 is 0 Å². The summed E-state index contributed by atoms with van der Waals surface area (Å²) in [4.78, 5) is 141. The van der Waals surface area contributed by atoms with Gasteiger partial charge < -0.3 is 53.2 Å². The van der Waals surface area contributed by atoms with Crippen molar-refractivity contribution in [3.8, 4) is 0 Å². The number of rotatable bonds is 59. The number of imide groups is 1. The van der Waals surface area contributed by atoms with Crippen LogP contribution in [0.5, 0.6) is 0 Å². The fourth-order valence-electron chi connectivity index (χ4n) is 13.5. The molecule has 2 aromatic carbocycles. The third kappa shape index (κ3) is 58.2. The lowest BCUT2D eigenvalue weighted by Gasteiger charge is -2.36. The molecule has 0 spiro atoms. The van der Waals surface area contributed by atoms with Gasteiger partial charge in [-0.15, -0.1) is 0 Å². The quantitative estimate of drug-likeness (QED) is 0.0240. The molecular formula is C95H165N9O16. The van der Waals surface area contributed by atoms with Crippen molar-refractivity contribution >= 4 is 60.4 Å². The van der Waals surface area contributed by atoms with E-state index in [1.165, 1.54) is 151 Å². The lowest BCUT2D eigenvalue weighted by Crippen LogP contribution is -2.57. The molecule has 0 saturated heterocycles. The third-order valence-electron chi connectivity index (χ3n) is 19.6. The molecule has 25 heteroatoms. The van der Waals surface area contributed by atoms with Gasteiger partial charge in [-0.05, 0) is 166 Å². The highest BCUT2D eigenvalue weighted by molar-refractivity contribution is 6.01. The summed E-state index contributed by atoms with van der Waals surface area (Å²) in [6.07, 6.45) is 33.3. The molecule has 0 saturated carbocycles. The summed E-state index contributed by atoms with van der Waals surface area (Å²) < 4.78 is 40.3. The third-order valence-corrected chi connectivity index (χ3v) is 19.6. The Kier molecular flexibility index (Phi) is 56.2. The topological polar surface area (TPSA) is 283 Å². The SMILES string of the molecule is CCCCCCCCCCCCCCCCCCN(CCCCCCCCCCCCCCCCCC)C(=O)C(CCCN=C(NC(=O)OCc1ccccc1)NC(=O)OCc1ccccc1)N(C(=O)CN(CCCN(CCCCN(CCCNC(=O)OC(C)(C)C)C(=O)OC(C)(C)C)C(=O)OC(C)(C)C)C(=O)OC(C)(C)C)C(=O)OC(C)(C)C. The van der Waals surface area contributed by atoms with E-state index in [2.05, 4.69) is 34.8 Å². The summed E-state index contributed by atoms with van der Waals surface area (Å²) >= 11 is 0. The van der Waals surface area contributed by atoms with Gasteiger partial charge in [-0.25, -0.2) is 38.5 Å². The van der Waals surface area contributed by atoms with E-state index >= 15 is 14.4 Å². The van der Waals surface area contributed by atoms with Gasteiger partial charge in [0.1, 0.15) is 53.8 Å². The normalized spacial score (nSPS) is 12.0. The van der Waals surface area contributed by atoms with Crippen molar-refractivity contribution in [2.45, 2.75) is 409 Å². The molecule has 686 valence electrons. The zero-order chi connectivity index (χ0) is 89.1. The van der Waals surface area contributed by atoms with Gasteiger partial charge >= 0.3 is 42.7 Å². The minimum Gasteiger partial charge on any atom is -0.444 e. The highest BCUT2D eigenvalue weighted by atomic mass is 16.6. The molecule has 2 aromatic rings. The van der Waals surface area contributed by atoms with Crippen molar-refractivity contribution in [2.24, 2.45) is 4.99 Å². The van der Waals surface area contributed by atoms with E-state index < -0.39 is 95.1 Å². The van der Waals surface area contributed by atoms with Crippen molar-refractivity contribution in [1.29, 1.82) is 0 Å². The standard InChI is InChI=1S/C95H165N9O16/c1-18-20-22-24-26-28-30-32-34-36-38-40-42-44-46-54-68-100(69-55-47-45-43-41-39-37-35-33-31-29-27-25-23-21-19-2)82(106)80(65-58-66-96-83(98-85(108)114-76-78-61-50-48-51-62-78)99-86(109)115-77-79-63-52-49-53-64-79)104(90(113)120-95(15,16)17)81(105)75-103(89(112)119-94(12,13)14)74-60-73-102(88(111)118-93(9,10)11)71-57-56-70-101(87(110)117-92(6,7)8)72-59-67-97-84(107)116-91(3,4)5/h48-53,61-64,80H,18-47,54-60,65-77H2,1-17H3,(H,97,107)(H2,96,98,99,108,109). The van der Waals surface area contributed by atoms with E-state index in [-0.39, 0.29) is 84.2 Å². The summed E-state index contributed by atoms with van der Waals surface area (Å²) in [6, 6.07) is 16.6. The van der Waals surface area contributed by atoms with Crippen LogP contribution in [0.4, 0.5) is 33.6 Å². The lowest BCUT2D eigenvalue weighted by molar-refractivity contribution is -0.146. The average Bonchev–Trinajstić information content (AvgIpc) is 0.810. The maximum Gasteiger partial charge on any atom is 0.417 e. The number of nitrogens with zero attached hydrogens (tertiary/aromatic N) is 6. The van der Waals surface area contributed by atoms with Crippen molar-refractivity contribution in [1.82, 2.24) is 40.4 Å². The summed E-state index contributed by atoms with van der Waals surface area (Å²) in [5.41, 5.74) is -3.19. The Labute approximate surface area is 724 Å². The Morgan fingerprint density at radius 1 is 0.333 bits per heavy atom. The summed E-state index contributed by atoms with van der Waals surface area (Å²) in [5, 5.41) is 7.82. The van der Waals surface area contributed by atoms with Crippen molar-refractivity contribution in [3.63, 3.8) is 0 Å².